The standard InChI is InChI=1S/C64H40N2O2/c1-3-16-41(17-4-1)45-22-12-24-47(38-45)65(55-30-14-28-51-49-26-7-9-32-59(49)67-63(51)55)57-40-58(54-37-35-44-21-11-20-43-34-36-53(57)62(54)61(43)44)66(48-25-13-23-46(39-48)42-18-5-2-6-19-42)56-31-15-29-52-50-27-8-10-33-60(50)68-64(52)56/h1-40H. The van der Waals surface area contributed by atoms with Crippen molar-refractivity contribution in [3.63, 3.8) is 0 Å². The number of benzene rings is 12. The zero-order valence-corrected chi connectivity index (χ0v) is 36.8. The number of para-hydroxylation sites is 4. The van der Waals surface area contributed by atoms with Gasteiger partial charge in [0.15, 0.2) is 11.2 Å². The van der Waals surface area contributed by atoms with Gasteiger partial charge in [0, 0.05) is 49.1 Å². The molecule has 0 amide bonds. The first-order valence-corrected chi connectivity index (χ1v) is 23.2. The van der Waals surface area contributed by atoms with E-state index < -0.39 is 0 Å². The number of anilines is 6. The third-order valence-electron chi connectivity index (χ3n) is 13.8. The van der Waals surface area contributed by atoms with Crippen LogP contribution in [0.1, 0.15) is 0 Å². The van der Waals surface area contributed by atoms with Gasteiger partial charge in [-0.05, 0) is 93.0 Å². The second-order valence-corrected chi connectivity index (χ2v) is 17.6. The third kappa shape index (κ3) is 5.94. The normalized spacial score (nSPS) is 11.8. The van der Waals surface area contributed by atoms with Gasteiger partial charge in [-0.2, -0.15) is 0 Å². The fourth-order valence-corrected chi connectivity index (χ4v) is 10.7. The minimum atomic E-state index is 0.825. The minimum absolute atomic E-state index is 0.825. The second kappa shape index (κ2) is 15.2. The Bertz CT molecular complexity index is 3960. The minimum Gasteiger partial charge on any atom is -0.454 e. The summed E-state index contributed by atoms with van der Waals surface area (Å²) in [5.41, 5.74) is 13.9. The molecular weight excluding hydrogens is 829 g/mol. The van der Waals surface area contributed by atoms with Crippen LogP contribution in [0.3, 0.4) is 0 Å². The summed E-state index contributed by atoms with van der Waals surface area (Å²) in [6, 6.07) is 87.1. The molecule has 0 aliphatic heterocycles. The van der Waals surface area contributed by atoms with Gasteiger partial charge in [0.1, 0.15) is 11.2 Å². The molecule has 14 aromatic rings. The quantitative estimate of drug-likeness (QED) is 0.142. The Morgan fingerprint density at radius 1 is 0.250 bits per heavy atom. The number of hydrogen-bond donors (Lipinski definition) is 0. The highest BCUT2D eigenvalue weighted by atomic mass is 16.3. The van der Waals surface area contributed by atoms with E-state index in [0.717, 1.165) is 111 Å². The van der Waals surface area contributed by atoms with Crippen LogP contribution in [0.2, 0.25) is 0 Å². The number of nitrogens with zero attached hydrogens (tertiary/aromatic N) is 2. The van der Waals surface area contributed by atoms with E-state index in [1.54, 1.807) is 0 Å². The Morgan fingerprint density at radius 2 is 0.662 bits per heavy atom. The maximum absolute atomic E-state index is 6.93. The highest BCUT2D eigenvalue weighted by Gasteiger charge is 2.28. The van der Waals surface area contributed by atoms with Gasteiger partial charge in [0.25, 0.3) is 0 Å². The zero-order chi connectivity index (χ0) is 44.7. The van der Waals surface area contributed by atoms with Gasteiger partial charge in [-0.25, -0.2) is 0 Å². The van der Waals surface area contributed by atoms with E-state index in [2.05, 4.69) is 240 Å². The van der Waals surface area contributed by atoms with Crippen molar-refractivity contribution in [1.82, 2.24) is 0 Å². The molecule has 12 aromatic carbocycles. The molecule has 0 unspecified atom stereocenters. The van der Waals surface area contributed by atoms with E-state index in [1.807, 2.05) is 12.1 Å². The molecule has 318 valence electrons. The van der Waals surface area contributed by atoms with Crippen molar-refractivity contribution in [2.24, 2.45) is 0 Å². The van der Waals surface area contributed by atoms with Crippen molar-refractivity contribution in [3.05, 3.63) is 243 Å². The molecule has 0 aliphatic rings. The summed E-state index contributed by atoms with van der Waals surface area (Å²) in [6.07, 6.45) is 0. The summed E-state index contributed by atoms with van der Waals surface area (Å²) in [5, 5.41) is 11.4. The van der Waals surface area contributed by atoms with E-state index in [0.29, 0.717) is 0 Å². The summed E-state index contributed by atoms with van der Waals surface area (Å²) in [6.45, 7) is 0. The molecule has 2 heterocycles. The molecule has 0 bridgehead atoms. The molecule has 0 spiro atoms. The van der Waals surface area contributed by atoms with Gasteiger partial charge in [-0.1, -0.05) is 188 Å². The van der Waals surface area contributed by atoms with E-state index in [1.165, 1.54) is 21.5 Å². The Balaban J connectivity index is 1.13. The average Bonchev–Trinajstić information content (AvgIpc) is 3.99. The van der Waals surface area contributed by atoms with Crippen molar-refractivity contribution >= 4 is 110 Å². The lowest BCUT2D eigenvalue weighted by Gasteiger charge is -2.32. The molecule has 0 saturated heterocycles. The number of rotatable bonds is 8. The van der Waals surface area contributed by atoms with Crippen LogP contribution in [0.4, 0.5) is 34.1 Å². The Labute approximate surface area is 392 Å². The molecule has 0 atom stereocenters. The van der Waals surface area contributed by atoms with Gasteiger partial charge in [0.2, 0.25) is 0 Å². The maximum atomic E-state index is 6.93. The smallest absolute Gasteiger partial charge is 0.159 e. The summed E-state index contributed by atoms with van der Waals surface area (Å²) in [5.74, 6) is 0. The average molecular weight is 869 g/mol. The van der Waals surface area contributed by atoms with Gasteiger partial charge in [-0.15, -0.1) is 0 Å². The lowest BCUT2D eigenvalue weighted by Crippen LogP contribution is -2.15. The number of furan rings is 2. The molecule has 0 aliphatic carbocycles. The van der Waals surface area contributed by atoms with Gasteiger partial charge in [-0.3, -0.25) is 0 Å². The maximum Gasteiger partial charge on any atom is 0.159 e. The molecule has 0 saturated carbocycles. The largest absolute Gasteiger partial charge is 0.454 e. The van der Waals surface area contributed by atoms with E-state index in [4.69, 9.17) is 8.83 Å². The van der Waals surface area contributed by atoms with Gasteiger partial charge < -0.3 is 18.6 Å². The molecular formula is C64H40N2O2. The lowest BCUT2D eigenvalue weighted by molar-refractivity contribution is 0.669. The SMILES string of the molecule is c1ccc(-c2cccc(N(c3cc(N(c4cccc(-c5ccccc5)c4)c4cccc5c4oc4ccccc45)c4ccc5cccc6ccc3c4c65)c3cccc4c3oc3ccccc34)c2)cc1. The molecule has 2 aromatic heterocycles. The Morgan fingerprint density at radius 3 is 1.16 bits per heavy atom. The molecule has 0 radical (unpaired) electrons. The fraction of sp³-hybridized carbons (Fsp3) is 0. The topological polar surface area (TPSA) is 32.8 Å². The second-order valence-electron chi connectivity index (χ2n) is 17.6. The molecule has 68 heavy (non-hydrogen) atoms. The predicted molar refractivity (Wildman–Crippen MR) is 285 cm³/mol. The van der Waals surface area contributed by atoms with Crippen LogP contribution in [-0.2, 0) is 0 Å². The van der Waals surface area contributed by atoms with Crippen LogP contribution >= 0.6 is 0 Å². The van der Waals surface area contributed by atoms with Crippen molar-refractivity contribution in [2.45, 2.75) is 0 Å². The van der Waals surface area contributed by atoms with Gasteiger partial charge >= 0.3 is 0 Å². The molecule has 14 rings (SSSR count). The highest BCUT2D eigenvalue weighted by Crippen LogP contribution is 2.53. The lowest BCUT2D eigenvalue weighted by atomic mass is 9.91. The summed E-state index contributed by atoms with van der Waals surface area (Å²) >= 11 is 0. The van der Waals surface area contributed by atoms with Crippen LogP contribution in [0.25, 0.3) is 98.4 Å². The van der Waals surface area contributed by atoms with Crippen LogP contribution in [-0.4, -0.2) is 0 Å². The van der Waals surface area contributed by atoms with Crippen molar-refractivity contribution in [3.8, 4) is 22.3 Å². The van der Waals surface area contributed by atoms with E-state index >= 15 is 0 Å². The Hall–Kier alpha value is -9.12. The summed E-state index contributed by atoms with van der Waals surface area (Å²) in [4.78, 5) is 4.85. The van der Waals surface area contributed by atoms with Crippen LogP contribution in [0.15, 0.2) is 251 Å². The first-order chi connectivity index (χ1) is 33.7. The molecule has 0 fully saturated rings. The molecule has 4 heteroatoms. The predicted octanol–water partition coefficient (Wildman–Crippen LogP) is 18.7. The van der Waals surface area contributed by atoms with Crippen molar-refractivity contribution in [1.29, 1.82) is 0 Å². The fourth-order valence-electron chi connectivity index (χ4n) is 10.7. The van der Waals surface area contributed by atoms with Crippen molar-refractivity contribution in [2.75, 3.05) is 9.80 Å². The number of fused-ring (bicyclic) bond motifs is 6. The first-order valence-electron chi connectivity index (χ1n) is 23.2. The van der Waals surface area contributed by atoms with Crippen LogP contribution < -0.4 is 9.80 Å². The summed E-state index contributed by atoms with van der Waals surface area (Å²) in [7, 11) is 0. The van der Waals surface area contributed by atoms with E-state index in [-0.39, 0.29) is 0 Å². The Kier molecular flexibility index (Phi) is 8.55. The summed E-state index contributed by atoms with van der Waals surface area (Å²) < 4.78 is 13.9. The monoisotopic (exact) mass is 868 g/mol. The first kappa shape index (κ1) is 38.2. The number of hydrogen-bond acceptors (Lipinski definition) is 4. The van der Waals surface area contributed by atoms with Crippen molar-refractivity contribution < 1.29 is 8.83 Å². The van der Waals surface area contributed by atoms with E-state index in [9.17, 15) is 0 Å². The third-order valence-corrected chi connectivity index (χ3v) is 13.8. The molecule has 4 nitrogen and oxygen atoms in total. The van der Waals surface area contributed by atoms with Gasteiger partial charge in [0.05, 0.1) is 22.7 Å². The molecule has 0 N–H and O–H groups in total. The highest BCUT2D eigenvalue weighted by molar-refractivity contribution is 6.29. The van der Waals surface area contributed by atoms with Crippen LogP contribution in [0.5, 0.6) is 0 Å². The zero-order valence-electron chi connectivity index (χ0n) is 36.8. The van der Waals surface area contributed by atoms with Crippen LogP contribution in [0, 0.1) is 0 Å².